The third kappa shape index (κ3) is 5.41. The Morgan fingerprint density at radius 1 is 0.973 bits per heavy atom. The number of carbonyl (C=O) groups excluding carboxylic acids is 1. The van der Waals surface area contributed by atoms with E-state index < -0.39 is 29.4 Å². The molecule has 2 aromatic heterocycles. The normalized spacial score (nSPS) is 15.1. The van der Waals surface area contributed by atoms with Gasteiger partial charge in [0, 0.05) is 43.3 Å². The van der Waals surface area contributed by atoms with E-state index in [1.807, 2.05) is 4.90 Å². The highest BCUT2D eigenvalue weighted by molar-refractivity contribution is 6.34. The van der Waals surface area contributed by atoms with Gasteiger partial charge in [0.25, 0.3) is 0 Å². The molecule has 0 aliphatic carbocycles. The number of anilines is 2. The number of hydrogen-bond donors (Lipinski definition) is 1. The largest absolute Gasteiger partial charge is 0.451 e. The molecule has 2 N–H and O–H groups in total. The van der Waals surface area contributed by atoms with Crippen molar-refractivity contribution in [2.75, 3.05) is 36.8 Å². The zero-order valence-corrected chi connectivity index (χ0v) is 19.9. The van der Waals surface area contributed by atoms with Crippen LogP contribution < -0.4 is 10.6 Å². The fraction of sp³-hybridized carbons (Fsp3) is 0.304. The number of aromatic nitrogens is 3. The lowest BCUT2D eigenvalue weighted by Gasteiger charge is -2.35. The second-order valence-electron chi connectivity index (χ2n) is 8.30. The zero-order chi connectivity index (χ0) is 27.1. The van der Waals surface area contributed by atoms with Gasteiger partial charge in [-0.3, -0.25) is 4.79 Å². The van der Waals surface area contributed by atoms with Crippen molar-refractivity contribution in [1.29, 1.82) is 0 Å². The van der Waals surface area contributed by atoms with E-state index in [1.54, 1.807) is 11.1 Å². The number of hydrogen-bond acceptors (Lipinski definition) is 7. The predicted molar refractivity (Wildman–Crippen MR) is 126 cm³/mol. The molecule has 1 aliphatic heterocycles. The quantitative estimate of drug-likeness (QED) is 0.277. The number of nitrogens with two attached hydrogens (primary N) is 1. The van der Waals surface area contributed by atoms with Crippen LogP contribution in [0.2, 0.25) is 5.02 Å². The van der Waals surface area contributed by atoms with Gasteiger partial charge in [0.05, 0.1) is 21.8 Å². The maximum atomic E-state index is 13.9. The van der Waals surface area contributed by atoms with E-state index in [0.717, 1.165) is 12.1 Å². The molecule has 1 saturated heterocycles. The van der Waals surface area contributed by atoms with Crippen LogP contribution in [0.15, 0.2) is 30.5 Å². The van der Waals surface area contributed by atoms with Gasteiger partial charge in [-0.2, -0.15) is 26.3 Å². The summed E-state index contributed by atoms with van der Waals surface area (Å²) in [5.41, 5.74) is 3.24. The third-order valence-electron chi connectivity index (χ3n) is 5.78. The lowest BCUT2D eigenvalue weighted by molar-refractivity contribution is -0.144. The van der Waals surface area contributed by atoms with Crippen LogP contribution in [-0.4, -0.2) is 52.3 Å². The second kappa shape index (κ2) is 9.69. The molecule has 0 amide bonds. The minimum Gasteiger partial charge on any atom is -0.384 e. The van der Waals surface area contributed by atoms with Crippen LogP contribution in [0.4, 0.5) is 38.0 Å². The van der Waals surface area contributed by atoms with Crippen LogP contribution in [0, 0.1) is 6.92 Å². The standard InChI is InChI=1S/C23H19ClF6N6O/c1-12-9-17(31)33-19(18(12)22(25,26)27)13-11-16-14(10-15(13)24)20(34-21(32-16)23(28,29)30)36-6-4-35(5-7-36)3-2-8-37/h2-3,8-11H,4-7H2,1H3,(H2,31,33). The Kier molecular flexibility index (Phi) is 6.93. The van der Waals surface area contributed by atoms with E-state index in [4.69, 9.17) is 17.3 Å². The average Bonchev–Trinajstić information content (AvgIpc) is 2.80. The summed E-state index contributed by atoms with van der Waals surface area (Å²) >= 11 is 6.39. The number of fused-ring (bicyclic) bond motifs is 1. The first-order valence-electron chi connectivity index (χ1n) is 10.8. The molecule has 1 fully saturated rings. The molecule has 1 aromatic carbocycles. The number of nitrogens with zero attached hydrogens (tertiary/aromatic N) is 5. The molecule has 4 rings (SSSR count). The number of carbonyl (C=O) groups is 1. The Labute approximate surface area is 211 Å². The minimum absolute atomic E-state index is 0.0578. The number of aryl methyl sites for hydroxylation is 1. The molecule has 3 aromatic rings. The molecular formula is C23H19ClF6N6O. The van der Waals surface area contributed by atoms with Crippen molar-refractivity contribution in [3.63, 3.8) is 0 Å². The van der Waals surface area contributed by atoms with Crippen LogP contribution >= 0.6 is 11.6 Å². The van der Waals surface area contributed by atoms with Crippen LogP contribution in [-0.2, 0) is 17.1 Å². The van der Waals surface area contributed by atoms with Crippen molar-refractivity contribution in [2.24, 2.45) is 0 Å². The number of nitrogen functional groups attached to an aromatic ring is 1. The lowest BCUT2D eigenvalue weighted by atomic mass is 9.99. The maximum Gasteiger partial charge on any atom is 0.451 e. The minimum atomic E-state index is -4.92. The first kappa shape index (κ1) is 26.5. The molecule has 7 nitrogen and oxygen atoms in total. The molecule has 1 aliphatic rings. The van der Waals surface area contributed by atoms with E-state index in [1.165, 1.54) is 19.1 Å². The molecule has 0 bridgehead atoms. The average molecular weight is 545 g/mol. The van der Waals surface area contributed by atoms with Gasteiger partial charge in [-0.05, 0) is 36.8 Å². The van der Waals surface area contributed by atoms with Crippen molar-refractivity contribution in [3.05, 3.63) is 52.4 Å². The van der Waals surface area contributed by atoms with Crippen LogP contribution in [0.1, 0.15) is 17.0 Å². The molecule has 14 heteroatoms. The van der Waals surface area contributed by atoms with E-state index in [9.17, 15) is 31.1 Å². The fourth-order valence-corrected chi connectivity index (χ4v) is 4.43. The van der Waals surface area contributed by atoms with Crippen molar-refractivity contribution >= 4 is 40.4 Å². The van der Waals surface area contributed by atoms with Gasteiger partial charge in [0.2, 0.25) is 5.82 Å². The number of aldehydes is 1. The highest BCUT2D eigenvalue weighted by Crippen LogP contribution is 2.43. The Morgan fingerprint density at radius 3 is 2.24 bits per heavy atom. The first-order chi connectivity index (χ1) is 17.3. The summed E-state index contributed by atoms with van der Waals surface area (Å²) in [6.45, 7) is 2.51. The van der Waals surface area contributed by atoms with E-state index in [-0.39, 0.29) is 51.8 Å². The number of piperazine rings is 1. The summed E-state index contributed by atoms with van der Waals surface area (Å²) in [4.78, 5) is 25.1. The molecule has 0 spiro atoms. The van der Waals surface area contributed by atoms with Gasteiger partial charge in [-0.1, -0.05) is 11.6 Å². The summed E-state index contributed by atoms with van der Waals surface area (Å²) in [5.74, 6) is -1.71. The highest BCUT2D eigenvalue weighted by atomic mass is 35.5. The van der Waals surface area contributed by atoms with E-state index in [0.29, 0.717) is 19.4 Å². The smallest absolute Gasteiger partial charge is 0.384 e. The molecule has 37 heavy (non-hydrogen) atoms. The van der Waals surface area contributed by atoms with Crippen LogP contribution in [0.3, 0.4) is 0 Å². The zero-order valence-electron chi connectivity index (χ0n) is 19.2. The number of benzene rings is 1. The molecule has 0 atom stereocenters. The second-order valence-corrected chi connectivity index (χ2v) is 8.71. The van der Waals surface area contributed by atoms with Crippen molar-refractivity contribution in [2.45, 2.75) is 19.3 Å². The molecular weight excluding hydrogens is 526 g/mol. The Hall–Kier alpha value is -3.61. The van der Waals surface area contributed by atoms with Crippen molar-refractivity contribution in [3.8, 4) is 11.3 Å². The van der Waals surface area contributed by atoms with Gasteiger partial charge in [-0.15, -0.1) is 0 Å². The number of alkyl halides is 6. The number of rotatable bonds is 4. The molecule has 0 unspecified atom stereocenters. The summed E-state index contributed by atoms with van der Waals surface area (Å²) in [5, 5.41) is -0.0551. The Morgan fingerprint density at radius 2 is 1.65 bits per heavy atom. The SMILES string of the molecule is Cc1cc(N)nc(-c2cc3nc(C(F)(F)F)nc(N4CCN(C=CC=O)CC4)c3cc2Cl)c1C(F)(F)F. The van der Waals surface area contributed by atoms with Crippen LogP contribution in [0.5, 0.6) is 0 Å². The Bertz CT molecular complexity index is 1380. The maximum absolute atomic E-state index is 13.9. The van der Waals surface area contributed by atoms with Crippen molar-refractivity contribution < 1.29 is 31.1 Å². The van der Waals surface area contributed by atoms with Gasteiger partial charge in [0.1, 0.15) is 17.9 Å². The van der Waals surface area contributed by atoms with Crippen LogP contribution in [0.25, 0.3) is 22.2 Å². The van der Waals surface area contributed by atoms with E-state index in [2.05, 4.69) is 15.0 Å². The first-order valence-corrected chi connectivity index (χ1v) is 11.2. The predicted octanol–water partition coefficient (Wildman–Crippen LogP) is 5.11. The van der Waals surface area contributed by atoms with Gasteiger partial charge >= 0.3 is 12.4 Å². The van der Waals surface area contributed by atoms with Crippen molar-refractivity contribution in [1.82, 2.24) is 19.9 Å². The molecule has 0 saturated carbocycles. The summed E-state index contributed by atoms with van der Waals surface area (Å²) in [6.07, 6.45) is -6.25. The summed E-state index contributed by atoms with van der Waals surface area (Å²) < 4.78 is 82.7. The number of pyridine rings is 1. The number of allylic oxidation sites excluding steroid dienone is 1. The number of halogens is 7. The molecule has 196 valence electrons. The summed E-state index contributed by atoms with van der Waals surface area (Å²) in [6, 6.07) is 3.32. The fourth-order valence-electron chi connectivity index (χ4n) is 4.17. The van der Waals surface area contributed by atoms with Gasteiger partial charge in [-0.25, -0.2) is 15.0 Å². The highest BCUT2D eigenvalue weighted by Gasteiger charge is 2.39. The molecule has 0 radical (unpaired) electrons. The topological polar surface area (TPSA) is 88.2 Å². The summed E-state index contributed by atoms with van der Waals surface area (Å²) in [7, 11) is 0. The third-order valence-corrected chi connectivity index (χ3v) is 6.09. The molecule has 3 heterocycles. The van der Waals surface area contributed by atoms with Gasteiger partial charge in [0.15, 0.2) is 0 Å². The van der Waals surface area contributed by atoms with Gasteiger partial charge < -0.3 is 15.5 Å². The lowest BCUT2D eigenvalue weighted by Crippen LogP contribution is -2.44. The van der Waals surface area contributed by atoms with E-state index >= 15 is 0 Å². The monoisotopic (exact) mass is 544 g/mol. The Balaban J connectivity index is 1.90.